The minimum Gasteiger partial charge on any atom is -0.385 e. The van der Waals surface area contributed by atoms with Crippen LogP contribution in [0.25, 0.3) is 0 Å². The summed E-state index contributed by atoms with van der Waals surface area (Å²) >= 11 is 0. The van der Waals surface area contributed by atoms with E-state index in [1.54, 1.807) is 7.11 Å². The Balaban J connectivity index is 3.30. The first-order chi connectivity index (χ1) is 5.16. The molecular weight excluding hydrogens is 146 g/mol. The summed E-state index contributed by atoms with van der Waals surface area (Å²) in [6, 6.07) is 0. The predicted octanol–water partition coefficient (Wildman–Crippen LogP) is -0.142. The van der Waals surface area contributed by atoms with Crippen molar-refractivity contribution in [3.05, 3.63) is 0 Å². The molecule has 0 unspecified atom stereocenters. The van der Waals surface area contributed by atoms with Crippen LogP contribution in [0.4, 0.5) is 0 Å². The van der Waals surface area contributed by atoms with E-state index in [0.717, 1.165) is 0 Å². The van der Waals surface area contributed by atoms with Crippen LogP contribution < -0.4 is 5.73 Å². The summed E-state index contributed by atoms with van der Waals surface area (Å²) < 4.78 is 4.73. The van der Waals surface area contributed by atoms with Gasteiger partial charge in [-0.15, -0.1) is 0 Å². The Morgan fingerprint density at radius 3 is 2.55 bits per heavy atom. The number of ketones is 1. The summed E-state index contributed by atoms with van der Waals surface area (Å²) in [4.78, 5) is 21.0. The van der Waals surface area contributed by atoms with Gasteiger partial charge in [0.15, 0.2) is 0 Å². The van der Waals surface area contributed by atoms with Gasteiger partial charge in [0.1, 0.15) is 5.78 Å². The van der Waals surface area contributed by atoms with Crippen molar-refractivity contribution < 1.29 is 14.3 Å². The second kappa shape index (κ2) is 5.85. The monoisotopic (exact) mass is 159 g/mol. The van der Waals surface area contributed by atoms with Gasteiger partial charge in [-0.25, -0.2) is 0 Å². The molecule has 0 aromatic carbocycles. The fraction of sp³-hybridized carbons (Fsp3) is 0.714. The van der Waals surface area contributed by atoms with Crippen molar-refractivity contribution >= 4 is 11.7 Å². The molecule has 0 rings (SSSR count). The Kier molecular flexibility index (Phi) is 5.37. The van der Waals surface area contributed by atoms with E-state index in [1.807, 2.05) is 0 Å². The van der Waals surface area contributed by atoms with Crippen molar-refractivity contribution in [2.75, 3.05) is 13.7 Å². The first kappa shape index (κ1) is 10.1. The maximum atomic E-state index is 10.8. The van der Waals surface area contributed by atoms with Crippen LogP contribution in [-0.2, 0) is 14.3 Å². The molecule has 0 aliphatic carbocycles. The number of hydrogen-bond acceptors (Lipinski definition) is 3. The molecular formula is C7H13NO3. The summed E-state index contributed by atoms with van der Waals surface area (Å²) in [6.45, 7) is 0.546. The van der Waals surface area contributed by atoms with Gasteiger partial charge in [-0.1, -0.05) is 0 Å². The topological polar surface area (TPSA) is 69.4 Å². The van der Waals surface area contributed by atoms with Crippen LogP contribution in [0.1, 0.15) is 19.3 Å². The van der Waals surface area contributed by atoms with Crippen molar-refractivity contribution in [1.29, 1.82) is 0 Å². The van der Waals surface area contributed by atoms with Crippen molar-refractivity contribution in [2.45, 2.75) is 19.3 Å². The van der Waals surface area contributed by atoms with Crippen LogP contribution in [0.5, 0.6) is 0 Å². The highest BCUT2D eigenvalue weighted by Gasteiger charge is 2.04. The van der Waals surface area contributed by atoms with Crippen LogP contribution in [0.2, 0.25) is 0 Å². The van der Waals surface area contributed by atoms with Crippen LogP contribution >= 0.6 is 0 Å². The summed E-state index contributed by atoms with van der Waals surface area (Å²) in [6.07, 6.45) is 0.878. The third-order valence-corrected chi connectivity index (χ3v) is 1.18. The number of primary amides is 1. The maximum absolute atomic E-state index is 10.8. The molecule has 1 amide bonds. The third-order valence-electron chi connectivity index (χ3n) is 1.18. The SMILES string of the molecule is COCCCC(=O)CC(N)=O. The number of hydrogen-bond donors (Lipinski definition) is 1. The van der Waals surface area contributed by atoms with Gasteiger partial charge in [0.2, 0.25) is 5.91 Å². The molecule has 0 saturated carbocycles. The minimum atomic E-state index is -0.563. The number of rotatable bonds is 6. The smallest absolute Gasteiger partial charge is 0.224 e. The lowest BCUT2D eigenvalue weighted by atomic mass is 10.2. The van der Waals surface area contributed by atoms with Gasteiger partial charge in [0.25, 0.3) is 0 Å². The van der Waals surface area contributed by atoms with Crippen LogP contribution in [0.15, 0.2) is 0 Å². The zero-order valence-electron chi connectivity index (χ0n) is 6.63. The van der Waals surface area contributed by atoms with Crippen molar-refractivity contribution in [1.82, 2.24) is 0 Å². The second-order valence-corrected chi connectivity index (χ2v) is 2.28. The van der Waals surface area contributed by atoms with E-state index < -0.39 is 5.91 Å². The number of amides is 1. The average molecular weight is 159 g/mol. The van der Waals surface area contributed by atoms with E-state index in [2.05, 4.69) is 0 Å². The normalized spacial score (nSPS) is 9.55. The summed E-state index contributed by atoms with van der Waals surface area (Å²) in [5.74, 6) is -0.679. The fourth-order valence-corrected chi connectivity index (χ4v) is 0.696. The number of nitrogens with two attached hydrogens (primary N) is 1. The molecule has 0 saturated heterocycles. The van der Waals surface area contributed by atoms with E-state index >= 15 is 0 Å². The van der Waals surface area contributed by atoms with Gasteiger partial charge in [-0.2, -0.15) is 0 Å². The van der Waals surface area contributed by atoms with E-state index in [1.165, 1.54) is 0 Å². The van der Waals surface area contributed by atoms with Gasteiger partial charge < -0.3 is 10.5 Å². The number of methoxy groups -OCH3 is 1. The Morgan fingerprint density at radius 1 is 1.45 bits per heavy atom. The Bertz CT molecular complexity index is 145. The lowest BCUT2D eigenvalue weighted by molar-refractivity contribution is -0.126. The molecule has 0 heterocycles. The highest BCUT2D eigenvalue weighted by Crippen LogP contribution is 1.94. The third kappa shape index (κ3) is 6.99. The zero-order valence-corrected chi connectivity index (χ0v) is 6.63. The average Bonchev–Trinajstić information content (AvgIpc) is 1.86. The zero-order chi connectivity index (χ0) is 8.69. The molecule has 2 N–H and O–H groups in total. The van der Waals surface area contributed by atoms with Crippen LogP contribution in [0.3, 0.4) is 0 Å². The van der Waals surface area contributed by atoms with E-state index in [4.69, 9.17) is 10.5 Å². The fourth-order valence-electron chi connectivity index (χ4n) is 0.696. The number of carbonyl (C=O) groups is 2. The lowest BCUT2D eigenvalue weighted by Gasteiger charge is -1.96. The molecule has 0 aliphatic heterocycles. The van der Waals surface area contributed by atoms with E-state index in [0.29, 0.717) is 19.4 Å². The number of ether oxygens (including phenoxy) is 1. The molecule has 0 fully saturated rings. The highest BCUT2D eigenvalue weighted by molar-refractivity contribution is 5.97. The quantitative estimate of drug-likeness (QED) is 0.433. The van der Waals surface area contributed by atoms with Crippen molar-refractivity contribution in [3.8, 4) is 0 Å². The summed E-state index contributed by atoms with van der Waals surface area (Å²) in [5.41, 5.74) is 4.81. The molecule has 0 aliphatic rings. The van der Waals surface area contributed by atoms with Crippen molar-refractivity contribution in [2.24, 2.45) is 5.73 Å². The second-order valence-electron chi connectivity index (χ2n) is 2.28. The molecule has 4 heteroatoms. The number of carbonyl (C=O) groups excluding carboxylic acids is 2. The standard InChI is InChI=1S/C7H13NO3/c1-11-4-2-3-6(9)5-7(8)10/h2-5H2,1H3,(H2,8,10). The Morgan fingerprint density at radius 2 is 2.09 bits per heavy atom. The molecule has 0 bridgehead atoms. The van der Waals surface area contributed by atoms with Crippen LogP contribution in [-0.4, -0.2) is 25.4 Å². The highest BCUT2D eigenvalue weighted by atomic mass is 16.5. The van der Waals surface area contributed by atoms with E-state index in [9.17, 15) is 9.59 Å². The predicted molar refractivity (Wildman–Crippen MR) is 39.9 cm³/mol. The molecule has 64 valence electrons. The van der Waals surface area contributed by atoms with Gasteiger partial charge in [-0.3, -0.25) is 9.59 Å². The lowest BCUT2D eigenvalue weighted by Crippen LogP contribution is -2.16. The minimum absolute atomic E-state index is 0.116. The van der Waals surface area contributed by atoms with Gasteiger partial charge in [0.05, 0.1) is 6.42 Å². The largest absolute Gasteiger partial charge is 0.385 e. The van der Waals surface area contributed by atoms with Crippen LogP contribution in [0, 0.1) is 0 Å². The van der Waals surface area contributed by atoms with Gasteiger partial charge in [0, 0.05) is 20.1 Å². The summed E-state index contributed by atoms with van der Waals surface area (Å²) in [7, 11) is 1.57. The Hall–Kier alpha value is -0.900. The molecule has 4 nitrogen and oxygen atoms in total. The van der Waals surface area contributed by atoms with Gasteiger partial charge in [-0.05, 0) is 6.42 Å². The van der Waals surface area contributed by atoms with Crippen molar-refractivity contribution in [3.63, 3.8) is 0 Å². The molecule has 0 spiro atoms. The number of Topliss-reactive ketones (excluding diaryl/α,β-unsaturated/α-hetero) is 1. The summed E-state index contributed by atoms with van der Waals surface area (Å²) in [5, 5.41) is 0. The molecule has 11 heavy (non-hydrogen) atoms. The first-order valence-electron chi connectivity index (χ1n) is 3.45. The Labute approximate surface area is 65.7 Å². The first-order valence-corrected chi connectivity index (χ1v) is 3.45. The molecule has 0 radical (unpaired) electrons. The molecule has 0 aromatic heterocycles. The maximum Gasteiger partial charge on any atom is 0.224 e. The molecule has 0 aromatic rings. The van der Waals surface area contributed by atoms with E-state index in [-0.39, 0.29) is 12.2 Å². The molecule has 0 atom stereocenters. The van der Waals surface area contributed by atoms with Gasteiger partial charge >= 0.3 is 0 Å².